The number of rotatable bonds is 4. The molecule has 2 fully saturated rings. The molecule has 2 aromatic heterocycles. The average molecular weight is 385 g/mol. The molecule has 0 bridgehead atoms. The first kappa shape index (κ1) is 18.0. The van der Waals surface area contributed by atoms with Gasteiger partial charge >= 0.3 is 0 Å². The lowest BCUT2D eigenvalue weighted by Gasteiger charge is -2.53. The molecule has 2 amide bonds. The van der Waals surface area contributed by atoms with Crippen molar-refractivity contribution in [1.82, 2.24) is 25.0 Å². The van der Waals surface area contributed by atoms with E-state index in [1.54, 1.807) is 5.51 Å². The van der Waals surface area contributed by atoms with E-state index in [1.165, 1.54) is 11.3 Å². The molecule has 0 spiro atoms. The number of carbonyl (C=O) groups excluding carboxylic acids is 2. The van der Waals surface area contributed by atoms with E-state index < -0.39 is 0 Å². The number of piperidine rings is 1. The second-order valence-corrected chi connectivity index (χ2v) is 8.33. The molecular formula is C19H23N5O2S. The normalized spacial score (nSPS) is 21.6. The molecule has 0 radical (unpaired) electrons. The van der Waals surface area contributed by atoms with Crippen LogP contribution in [0.4, 0.5) is 0 Å². The molecule has 7 nitrogen and oxygen atoms in total. The van der Waals surface area contributed by atoms with E-state index >= 15 is 0 Å². The van der Waals surface area contributed by atoms with E-state index in [0.29, 0.717) is 37.5 Å². The summed E-state index contributed by atoms with van der Waals surface area (Å²) in [5.74, 6) is 0.558. The molecule has 8 heteroatoms. The maximum atomic E-state index is 12.8. The van der Waals surface area contributed by atoms with Crippen molar-refractivity contribution in [1.29, 1.82) is 0 Å². The number of aromatic nitrogens is 3. The Morgan fingerprint density at radius 1 is 1.26 bits per heavy atom. The number of aryl methyl sites for hydroxylation is 3. The van der Waals surface area contributed by atoms with Gasteiger partial charge in [0, 0.05) is 50.1 Å². The van der Waals surface area contributed by atoms with Crippen LogP contribution in [-0.2, 0) is 11.2 Å². The third kappa shape index (κ3) is 3.71. The molecule has 4 rings (SSSR count). The predicted molar refractivity (Wildman–Crippen MR) is 101 cm³/mol. The summed E-state index contributed by atoms with van der Waals surface area (Å²) in [6.45, 7) is 6.05. The second kappa shape index (κ2) is 7.34. The summed E-state index contributed by atoms with van der Waals surface area (Å²) in [6, 6.07) is 4.06. The molecular weight excluding hydrogens is 362 g/mol. The molecule has 2 aliphatic heterocycles. The average Bonchev–Trinajstić information content (AvgIpc) is 3.13. The van der Waals surface area contributed by atoms with E-state index in [4.69, 9.17) is 0 Å². The summed E-state index contributed by atoms with van der Waals surface area (Å²) < 4.78 is 0. The van der Waals surface area contributed by atoms with Crippen molar-refractivity contribution in [2.75, 3.05) is 19.6 Å². The lowest BCUT2D eigenvalue weighted by atomic mass is 9.82. The van der Waals surface area contributed by atoms with Gasteiger partial charge in [-0.3, -0.25) is 9.59 Å². The lowest BCUT2D eigenvalue weighted by molar-refractivity contribution is -0.136. The van der Waals surface area contributed by atoms with Crippen LogP contribution >= 0.6 is 11.3 Å². The SMILES string of the molecule is Cc1cc(C)nc(C(=O)N2C[C@@H]3CN(C(=O)CCc4nncs4)CC[C@@H]32)c1. The zero-order chi connectivity index (χ0) is 19.0. The minimum Gasteiger partial charge on any atom is -0.342 e. The fourth-order valence-corrected chi connectivity index (χ4v) is 4.62. The van der Waals surface area contributed by atoms with Gasteiger partial charge in [-0.25, -0.2) is 4.98 Å². The molecule has 0 unspecified atom stereocenters. The van der Waals surface area contributed by atoms with E-state index in [9.17, 15) is 9.59 Å². The number of amides is 2. The molecule has 4 heterocycles. The van der Waals surface area contributed by atoms with Crippen molar-refractivity contribution in [3.63, 3.8) is 0 Å². The highest BCUT2D eigenvalue weighted by atomic mass is 32.1. The van der Waals surface area contributed by atoms with Crippen LogP contribution in [0.1, 0.15) is 39.6 Å². The maximum absolute atomic E-state index is 12.8. The Hall–Kier alpha value is -2.35. The molecule has 0 aliphatic carbocycles. The summed E-state index contributed by atoms with van der Waals surface area (Å²) in [4.78, 5) is 33.5. The van der Waals surface area contributed by atoms with Gasteiger partial charge in [0.2, 0.25) is 5.91 Å². The molecule has 2 atom stereocenters. The van der Waals surface area contributed by atoms with E-state index in [-0.39, 0.29) is 17.9 Å². The van der Waals surface area contributed by atoms with Crippen molar-refractivity contribution in [2.24, 2.45) is 5.92 Å². The summed E-state index contributed by atoms with van der Waals surface area (Å²) in [5, 5.41) is 8.70. The third-order valence-electron chi connectivity index (χ3n) is 5.41. The van der Waals surface area contributed by atoms with Gasteiger partial charge in [-0.15, -0.1) is 21.5 Å². The minimum absolute atomic E-state index is 0.0131. The Balaban J connectivity index is 1.32. The Morgan fingerprint density at radius 3 is 2.81 bits per heavy atom. The zero-order valence-electron chi connectivity index (χ0n) is 15.6. The standard InChI is InChI=1S/C19H23N5O2S/c1-12-7-13(2)21-15(8-12)19(26)24-10-14-9-23(6-5-16(14)24)18(25)4-3-17-22-20-11-27-17/h7-8,11,14,16H,3-6,9-10H2,1-2H3/t14-,16-/m0/s1. The van der Waals surface area contributed by atoms with E-state index in [0.717, 1.165) is 29.2 Å². The fraction of sp³-hybridized carbons (Fsp3) is 0.526. The lowest BCUT2D eigenvalue weighted by Crippen LogP contribution is -2.65. The van der Waals surface area contributed by atoms with Crippen LogP contribution in [0.15, 0.2) is 17.6 Å². The topological polar surface area (TPSA) is 79.3 Å². The molecule has 0 aromatic carbocycles. The van der Waals surface area contributed by atoms with Crippen molar-refractivity contribution in [3.8, 4) is 0 Å². The van der Waals surface area contributed by atoms with Crippen molar-refractivity contribution < 1.29 is 9.59 Å². The van der Waals surface area contributed by atoms with Crippen molar-refractivity contribution in [2.45, 2.75) is 39.2 Å². The van der Waals surface area contributed by atoms with E-state index in [1.807, 2.05) is 35.8 Å². The van der Waals surface area contributed by atoms with E-state index in [2.05, 4.69) is 15.2 Å². The largest absolute Gasteiger partial charge is 0.342 e. The van der Waals surface area contributed by atoms with Gasteiger partial charge in [0.05, 0.1) is 0 Å². The molecule has 0 N–H and O–H groups in total. The van der Waals surface area contributed by atoms with Gasteiger partial charge in [0.1, 0.15) is 16.2 Å². The van der Waals surface area contributed by atoms with Crippen LogP contribution in [0.2, 0.25) is 0 Å². The molecule has 27 heavy (non-hydrogen) atoms. The summed E-state index contributed by atoms with van der Waals surface area (Å²) in [5.41, 5.74) is 4.14. The number of hydrogen-bond acceptors (Lipinski definition) is 6. The summed E-state index contributed by atoms with van der Waals surface area (Å²) in [6.07, 6.45) is 1.96. The van der Waals surface area contributed by atoms with Crippen LogP contribution in [0.3, 0.4) is 0 Å². The number of hydrogen-bond donors (Lipinski definition) is 0. The van der Waals surface area contributed by atoms with Crippen LogP contribution in [-0.4, -0.2) is 62.5 Å². The molecule has 142 valence electrons. The Kier molecular flexibility index (Phi) is 4.90. The highest BCUT2D eigenvalue weighted by Gasteiger charge is 2.46. The Morgan fingerprint density at radius 2 is 2.11 bits per heavy atom. The number of pyridine rings is 1. The Labute approximate surface area is 162 Å². The molecule has 2 saturated heterocycles. The molecule has 0 saturated carbocycles. The fourth-order valence-electron chi connectivity index (χ4n) is 4.09. The summed E-state index contributed by atoms with van der Waals surface area (Å²) >= 11 is 1.48. The van der Waals surface area contributed by atoms with Gasteiger partial charge in [-0.2, -0.15) is 0 Å². The first-order valence-corrected chi connectivity index (χ1v) is 10.2. The predicted octanol–water partition coefficient (Wildman–Crippen LogP) is 1.86. The second-order valence-electron chi connectivity index (χ2n) is 7.42. The quantitative estimate of drug-likeness (QED) is 0.803. The maximum Gasteiger partial charge on any atom is 0.272 e. The highest BCUT2D eigenvalue weighted by molar-refractivity contribution is 7.09. The van der Waals surface area contributed by atoms with Crippen LogP contribution in [0, 0.1) is 19.8 Å². The van der Waals surface area contributed by atoms with Gasteiger partial charge in [0.25, 0.3) is 5.91 Å². The zero-order valence-corrected chi connectivity index (χ0v) is 16.4. The van der Waals surface area contributed by atoms with Crippen LogP contribution in [0.25, 0.3) is 0 Å². The highest BCUT2D eigenvalue weighted by Crippen LogP contribution is 2.33. The van der Waals surface area contributed by atoms with Crippen LogP contribution in [0.5, 0.6) is 0 Å². The summed E-state index contributed by atoms with van der Waals surface area (Å²) in [7, 11) is 0. The first-order chi connectivity index (χ1) is 13.0. The minimum atomic E-state index is 0.0131. The smallest absolute Gasteiger partial charge is 0.272 e. The van der Waals surface area contributed by atoms with Gasteiger partial charge in [-0.05, 0) is 38.0 Å². The third-order valence-corrected chi connectivity index (χ3v) is 6.17. The monoisotopic (exact) mass is 385 g/mol. The molecule has 2 aromatic rings. The van der Waals surface area contributed by atoms with Gasteiger partial charge in [0.15, 0.2) is 0 Å². The number of likely N-dealkylation sites (tertiary alicyclic amines) is 2. The van der Waals surface area contributed by atoms with Gasteiger partial charge < -0.3 is 9.80 Å². The number of carbonyl (C=O) groups is 2. The van der Waals surface area contributed by atoms with Gasteiger partial charge in [-0.1, -0.05) is 0 Å². The van der Waals surface area contributed by atoms with Crippen molar-refractivity contribution >= 4 is 23.2 Å². The molecule has 2 aliphatic rings. The van der Waals surface area contributed by atoms with Crippen LogP contribution < -0.4 is 0 Å². The Bertz CT molecular complexity index is 834. The number of nitrogens with zero attached hydrogens (tertiary/aromatic N) is 5. The first-order valence-electron chi connectivity index (χ1n) is 9.30. The number of fused-ring (bicyclic) bond motifs is 1. The van der Waals surface area contributed by atoms with Crippen molar-refractivity contribution in [3.05, 3.63) is 39.6 Å².